The molecule has 0 spiro atoms. The Morgan fingerprint density at radius 3 is 2.11 bits per heavy atom. The lowest BCUT2D eigenvalue weighted by atomic mass is 9.99. The van der Waals surface area contributed by atoms with Gasteiger partial charge in [0.25, 0.3) is 0 Å². The van der Waals surface area contributed by atoms with E-state index in [2.05, 4.69) is 0 Å². The molecule has 0 unspecified atom stereocenters. The minimum Gasteiger partial charge on any atom is -0.396 e. The maximum atomic E-state index is 10.1. The number of hydrogen-bond donors (Lipinski definition) is 8. The minimum atomic E-state index is -2.22. The largest absolute Gasteiger partial charge is 0.396 e. The van der Waals surface area contributed by atoms with Crippen LogP contribution in [0.4, 0.5) is 0 Å². The molecular formula is C15H28O12. The van der Waals surface area contributed by atoms with Crippen LogP contribution in [-0.2, 0) is 18.9 Å². The zero-order valence-electron chi connectivity index (χ0n) is 14.6. The van der Waals surface area contributed by atoms with E-state index in [4.69, 9.17) is 24.1 Å². The van der Waals surface area contributed by atoms with Gasteiger partial charge in [0, 0.05) is 13.2 Å². The van der Waals surface area contributed by atoms with Crippen LogP contribution in [0.3, 0.4) is 0 Å². The van der Waals surface area contributed by atoms with E-state index in [1.165, 1.54) is 0 Å². The molecule has 0 amide bonds. The lowest BCUT2D eigenvalue weighted by Gasteiger charge is -2.43. The third-order valence-corrected chi connectivity index (χ3v) is 4.62. The molecule has 2 rings (SSSR count). The Morgan fingerprint density at radius 1 is 0.852 bits per heavy atom. The first-order valence-corrected chi connectivity index (χ1v) is 8.63. The fourth-order valence-electron chi connectivity index (χ4n) is 2.98. The molecule has 160 valence electrons. The van der Waals surface area contributed by atoms with E-state index >= 15 is 0 Å². The molecule has 0 saturated carbocycles. The van der Waals surface area contributed by atoms with Gasteiger partial charge in [-0.05, 0) is 6.42 Å². The van der Waals surface area contributed by atoms with Crippen molar-refractivity contribution in [2.24, 2.45) is 0 Å². The van der Waals surface area contributed by atoms with Gasteiger partial charge in [-0.3, -0.25) is 0 Å². The van der Waals surface area contributed by atoms with Gasteiger partial charge in [-0.15, -0.1) is 0 Å². The van der Waals surface area contributed by atoms with Crippen molar-refractivity contribution in [2.75, 3.05) is 33.0 Å². The summed E-state index contributed by atoms with van der Waals surface area (Å²) in [6, 6.07) is 0. The van der Waals surface area contributed by atoms with Crippen molar-refractivity contribution in [3.05, 3.63) is 0 Å². The van der Waals surface area contributed by atoms with Crippen LogP contribution in [0.15, 0.2) is 0 Å². The predicted molar refractivity (Wildman–Crippen MR) is 84.1 cm³/mol. The summed E-state index contributed by atoms with van der Waals surface area (Å²) in [5.74, 6) is -2.22. The molecule has 2 aliphatic rings. The molecule has 12 heteroatoms. The molecule has 9 atom stereocenters. The van der Waals surface area contributed by atoms with E-state index in [1.54, 1.807) is 0 Å². The summed E-state index contributed by atoms with van der Waals surface area (Å²) in [5, 5.41) is 77.7. The summed E-state index contributed by atoms with van der Waals surface area (Å²) in [6.07, 6.45) is -12.0. The van der Waals surface area contributed by atoms with E-state index in [0.29, 0.717) is 6.42 Å². The van der Waals surface area contributed by atoms with Crippen molar-refractivity contribution < 1.29 is 59.8 Å². The Morgan fingerprint density at radius 2 is 1.56 bits per heavy atom. The molecule has 0 radical (unpaired) electrons. The second-order valence-electron chi connectivity index (χ2n) is 6.53. The summed E-state index contributed by atoms with van der Waals surface area (Å²) in [5.41, 5.74) is 0. The fraction of sp³-hybridized carbons (Fsp3) is 1.00. The van der Waals surface area contributed by atoms with Gasteiger partial charge in [0.1, 0.15) is 49.3 Å². The Kier molecular flexibility index (Phi) is 8.30. The molecule has 27 heavy (non-hydrogen) atoms. The van der Waals surface area contributed by atoms with Crippen molar-refractivity contribution >= 4 is 0 Å². The van der Waals surface area contributed by atoms with Crippen molar-refractivity contribution in [3.63, 3.8) is 0 Å². The molecule has 2 saturated heterocycles. The van der Waals surface area contributed by atoms with Crippen molar-refractivity contribution in [2.45, 2.75) is 61.2 Å². The second kappa shape index (κ2) is 9.82. The number of aliphatic hydroxyl groups excluding tert-OH is 8. The van der Waals surface area contributed by atoms with Crippen LogP contribution in [0, 0.1) is 0 Å². The third kappa shape index (κ3) is 4.75. The molecule has 8 N–H and O–H groups in total. The highest BCUT2D eigenvalue weighted by atomic mass is 16.8. The highest BCUT2D eigenvalue weighted by molar-refractivity contribution is 4.98. The zero-order chi connectivity index (χ0) is 20.2. The molecule has 0 aromatic rings. The van der Waals surface area contributed by atoms with E-state index in [9.17, 15) is 35.7 Å². The Balaban J connectivity index is 2.08. The molecule has 2 heterocycles. The normalized spacial score (nSPS) is 45.3. The van der Waals surface area contributed by atoms with Gasteiger partial charge in [0.05, 0.1) is 13.2 Å². The lowest BCUT2D eigenvalue weighted by Crippen LogP contribution is -2.62. The number of hydrogen-bond acceptors (Lipinski definition) is 12. The highest BCUT2D eigenvalue weighted by Gasteiger charge is 2.58. The quantitative estimate of drug-likeness (QED) is 0.172. The van der Waals surface area contributed by atoms with Gasteiger partial charge in [0.2, 0.25) is 5.79 Å². The van der Waals surface area contributed by atoms with Crippen LogP contribution < -0.4 is 0 Å². The first kappa shape index (κ1) is 22.8. The maximum absolute atomic E-state index is 10.1. The Bertz CT molecular complexity index is 453. The fourth-order valence-corrected chi connectivity index (χ4v) is 2.98. The van der Waals surface area contributed by atoms with Crippen molar-refractivity contribution in [1.29, 1.82) is 0 Å². The Labute approximate surface area is 155 Å². The van der Waals surface area contributed by atoms with Gasteiger partial charge in [-0.1, -0.05) is 0 Å². The molecule has 0 aromatic carbocycles. The number of aliphatic hydroxyl groups is 8. The third-order valence-electron chi connectivity index (χ3n) is 4.62. The molecule has 2 aliphatic heterocycles. The van der Waals surface area contributed by atoms with E-state index in [-0.39, 0.29) is 19.8 Å². The molecule has 0 aromatic heterocycles. The zero-order valence-corrected chi connectivity index (χ0v) is 14.6. The van der Waals surface area contributed by atoms with Crippen LogP contribution >= 0.6 is 0 Å². The van der Waals surface area contributed by atoms with Gasteiger partial charge in [-0.2, -0.15) is 0 Å². The maximum Gasteiger partial charge on any atom is 0.224 e. The number of rotatable bonds is 9. The SMILES string of the molecule is OCCCOC[C@H]1O[C@H](O[C@]2(CO)O[C@H](CO)[C@@H](O)[C@@H]2O)[C@H](O)[C@@H](O)[C@@H]1O. The summed E-state index contributed by atoms with van der Waals surface area (Å²) < 4.78 is 21.2. The van der Waals surface area contributed by atoms with Crippen molar-refractivity contribution in [3.8, 4) is 0 Å². The topological polar surface area (TPSA) is 199 Å². The van der Waals surface area contributed by atoms with Crippen LogP contribution in [0.25, 0.3) is 0 Å². The average Bonchev–Trinajstić information content (AvgIpc) is 2.91. The second-order valence-corrected chi connectivity index (χ2v) is 6.53. The smallest absolute Gasteiger partial charge is 0.224 e. The van der Waals surface area contributed by atoms with E-state index in [1.807, 2.05) is 0 Å². The lowest BCUT2D eigenvalue weighted by molar-refractivity contribution is -0.384. The van der Waals surface area contributed by atoms with Crippen LogP contribution in [-0.4, -0.2) is 129 Å². The highest BCUT2D eigenvalue weighted by Crippen LogP contribution is 2.35. The van der Waals surface area contributed by atoms with Gasteiger partial charge >= 0.3 is 0 Å². The summed E-state index contributed by atoms with van der Waals surface area (Å²) >= 11 is 0. The van der Waals surface area contributed by atoms with Gasteiger partial charge < -0.3 is 59.8 Å². The first-order chi connectivity index (χ1) is 12.8. The Hall–Kier alpha value is -0.480. The molecule has 12 nitrogen and oxygen atoms in total. The monoisotopic (exact) mass is 400 g/mol. The predicted octanol–water partition coefficient (Wildman–Crippen LogP) is -4.99. The molecule has 0 aliphatic carbocycles. The minimum absolute atomic E-state index is 0.0935. The summed E-state index contributed by atoms with van der Waals surface area (Å²) in [4.78, 5) is 0. The molecular weight excluding hydrogens is 372 g/mol. The van der Waals surface area contributed by atoms with Crippen LogP contribution in [0.5, 0.6) is 0 Å². The standard InChI is InChI=1S/C15H28O12/c16-2-1-3-24-5-8-9(19)11(21)12(22)14(25-8)27-15(6-18)13(23)10(20)7(4-17)26-15/h7-14,16-23H,1-6H2/t7-,8-,9-,10-,11+,12-,13+,14-,15+/m1/s1. The molecule has 0 bridgehead atoms. The number of ether oxygens (including phenoxy) is 4. The van der Waals surface area contributed by atoms with Gasteiger partial charge in [0.15, 0.2) is 6.29 Å². The molecule has 2 fully saturated rings. The summed E-state index contributed by atoms with van der Waals surface area (Å²) in [6.45, 7) is -1.74. The van der Waals surface area contributed by atoms with E-state index < -0.39 is 68.0 Å². The first-order valence-electron chi connectivity index (χ1n) is 8.63. The average molecular weight is 400 g/mol. The van der Waals surface area contributed by atoms with Gasteiger partial charge in [-0.25, -0.2) is 0 Å². The summed E-state index contributed by atoms with van der Waals surface area (Å²) in [7, 11) is 0. The van der Waals surface area contributed by atoms with Crippen LogP contribution in [0.1, 0.15) is 6.42 Å². The van der Waals surface area contributed by atoms with E-state index in [0.717, 1.165) is 0 Å². The van der Waals surface area contributed by atoms with Crippen LogP contribution in [0.2, 0.25) is 0 Å². The van der Waals surface area contributed by atoms with Crippen molar-refractivity contribution in [1.82, 2.24) is 0 Å².